The van der Waals surface area contributed by atoms with Crippen LogP contribution in [0.25, 0.3) is 10.6 Å². The van der Waals surface area contributed by atoms with Gasteiger partial charge in [-0.3, -0.25) is 4.79 Å². The van der Waals surface area contributed by atoms with Crippen molar-refractivity contribution < 1.29 is 23.1 Å². The second-order valence-corrected chi connectivity index (χ2v) is 10.0. The Hall–Kier alpha value is -2.32. The number of aromatic nitrogens is 1. The summed E-state index contributed by atoms with van der Waals surface area (Å²) in [5, 5.41) is 9.58. The van der Waals surface area contributed by atoms with Gasteiger partial charge in [0.05, 0.1) is 11.3 Å². The Morgan fingerprint density at radius 2 is 1.84 bits per heavy atom. The fraction of sp³-hybridized carbons (Fsp3) is 0.333. The first-order chi connectivity index (χ1) is 15.0. The predicted molar refractivity (Wildman–Crippen MR) is 124 cm³/mol. The number of hydrogen-bond donors (Lipinski definition) is 1. The number of benzene rings is 2. The quantitative estimate of drug-likeness (QED) is 0.343. The van der Waals surface area contributed by atoms with Crippen LogP contribution in [-0.4, -0.2) is 21.8 Å². The number of thiazole rings is 1. The van der Waals surface area contributed by atoms with Crippen LogP contribution in [0.3, 0.4) is 0 Å². The first kappa shape index (κ1) is 24.3. The van der Waals surface area contributed by atoms with Gasteiger partial charge in [-0.1, -0.05) is 25.1 Å². The van der Waals surface area contributed by atoms with Crippen molar-refractivity contribution in [3.8, 4) is 10.6 Å². The van der Waals surface area contributed by atoms with Gasteiger partial charge in [-0.15, -0.1) is 23.1 Å². The molecule has 3 aromatic rings. The fourth-order valence-corrected chi connectivity index (χ4v) is 5.44. The number of rotatable bonds is 8. The Labute approximate surface area is 193 Å². The van der Waals surface area contributed by atoms with Crippen molar-refractivity contribution in [1.82, 2.24) is 4.98 Å². The van der Waals surface area contributed by atoms with Crippen LogP contribution in [-0.2, 0) is 17.4 Å². The molecule has 0 spiro atoms. The second-order valence-electron chi connectivity index (χ2n) is 7.73. The summed E-state index contributed by atoms with van der Waals surface area (Å²) in [4.78, 5) is 17.7. The third kappa shape index (κ3) is 6.13. The zero-order chi connectivity index (χ0) is 23.5. The van der Waals surface area contributed by atoms with E-state index in [1.54, 1.807) is 11.8 Å². The number of carbonyl (C=O) groups is 1. The van der Waals surface area contributed by atoms with Crippen LogP contribution in [0.1, 0.15) is 46.5 Å². The lowest BCUT2D eigenvalue weighted by molar-refractivity contribution is -0.138. The third-order valence-electron chi connectivity index (χ3n) is 5.18. The van der Waals surface area contributed by atoms with Gasteiger partial charge in [0.2, 0.25) is 0 Å². The van der Waals surface area contributed by atoms with Gasteiger partial charge in [0, 0.05) is 33.4 Å². The van der Waals surface area contributed by atoms with E-state index in [1.165, 1.54) is 23.5 Å². The molecule has 1 atom stereocenters. The summed E-state index contributed by atoms with van der Waals surface area (Å²) in [6, 6.07) is 11.2. The summed E-state index contributed by atoms with van der Waals surface area (Å²) in [7, 11) is 0. The zero-order valence-corrected chi connectivity index (χ0v) is 19.6. The molecule has 0 fully saturated rings. The Morgan fingerprint density at radius 3 is 2.44 bits per heavy atom. The number of aryl methyl sites for hydroxylation is 3. The van der Waals surface area contributed by atoms with Crippen molar-refractivity contribution in [3.05, 3.63) is 69.7 Å². The molecule has 3 nitrogen and oxygen atoms in total. The van der Waals surface area contributed by atoms with E-state index in [1.807, 2.05) is 26.0 Å². The SMILES string of the molecule is Cc1cc(SC[C@@H](C)c2nc(-c3ccc(C(F)(F)F)cc3)sc2C)ccc1CCC(=O)O. The number of aliphatic carboxylic acids is 1. The highest BCUT2D eigenvalue weighted by Crippen LogP contribution is 2.36. The maximum Gasteiger partial charge on any atom is 0.416 e. The molecule has 1 heterocycles. The minimum Gasteiger partial charge on any atom is -0.481 e. The average molecular weight is 480 g/mol. The van der Waals surface area contributed by atoms with Crippen LogP contribution in [0.15, 0.2) is 47.4 Å². The van der Waals surface area contributed by atoms with E-state index in [4.69, 9.17) is 10.1 Å². The summed E-state index contributed by atoms with van der Waals surface area (Å²) in [6.45, 7) is 6.08. The Morgan fingerprint density at radius 1 is 1.16 bits per heavy atom. The van der Waals surface area contributed by atoms with E-state index >= 15 is 0 Å². The van der Waals surface area contributed by atoms with Gasteiger partial charge in [-0.25, -0.2) is 4.98 Å². The summed E-state index contributed by atoms with van der Waals surface area (Å²) in [6.07, 6.45) is -3.71. The second kappa shape index (κ2) is 10.1. The van der Waals surface area contributed by atoms with Crippen LogP contribution < -0.4 is 0 Å². The van der Waals surface area contributed by atoms with Gasteiger partial charge < -0.3 is 5.11 Å². The van der Waals surface area contributed by atoms with Crippen molar-refractivity contribution in [1.29, 1.82) is 0 Å². The van der Waals surface area contributed by atoms with Crippen molar-refractivity contribution in [2.75, 3.05) is 5.75 Å². The van der Waals surface area contributed by atoms with Crippen LogP contribution >= 0.6 is 23.1 Å². The lowest BCUT2D eigenvalue weighted by atomic mass is 10.0. The number of carboxylic acids is 1. The zero-order valence-electron chi connectivity index (χ0n) is 18.0. The van der Waals surface area contributed by atoms with Gasteiger partial charge in [0.25, 0.3) is 0 Å². The Kier molecular flexibility index (Phi) is 7.67. The van der Waals surface area contributed by atoms with E-state index in [0.717, 1.165) is 49.5 Å². The molecule has 0 unspecified atom stereocenters. The molecule has 2 aromatic carbocycles. The maximum atomic E-state index is 12.8. The molecule has 170 valence electrons. The Balaban J connectivity index is 1.66. The molecule has 1 aromatic heterocycles. The minimum atomic E-state index is -4.35. The average Bonchev–Trinajstić information content (AvgIpc) is 3.12. The number of thioether (sulfide) groups is 1. The predicted octanol–water partition coefficient (Wildman–Crippen LogP) is 7.36. The fourth-order valence-electron chi connectivity index (χ4n) is 3.37. The van der Waals surface area contributed by atoms with Crippen molar-refractivity contribution in [2.24, 2.45) is 0 Å². The smallest absolute Gasteiger partial charge is 0.416 e. The van der Waals surface area contributed by atoms with Gasteiger partial charge in [0.1, 0.15) is 5.01 Å². The monoisotopic (exact) mass is 479 g/mol. The number of nitrogens with zero attached hydrogens (tertiary/aromatic N) is 1. The normalized spacial score (nSPS) is 12.7. The molecular weight excluding hydrogens is 455 g/mol. The summed E-state index contributed by atoms with van der Waals surface area (Å²) < 4.78 is 38.4. The molecule has 0 bridgehead atoms. The highest BCUT2D eigenvalue weighted by Gasteiger charge is 2.30. The highest BCUT2D eigenvalue weighted by atomic mass is 32.2. The van der Waals surface area contributed by atoms with E-state index < -0.39 is 17.7 Å². The van der Waals surface area contributed by atoms with E-state index in [0.29, 0.717) is 12.0 Å². The number of alkyl halides is 3. The molecule has 0 saturated carbocycles. The molecular formula is C24H24F3NO2S2. The van der Waals surface area contributed by atoms with Gasteiger partial charge >= 0.3 is 12.1 Å². The molecule has 8 heteroatoms. The standard InChI is InChI=1S/C24H24F3NO2S2/c1-14-12-20(10-6-17(14)7-11-21(29)30)31-13-15(2)22-16(3)32-23(28-22)18-4-8-19(9-5-18)24(25,26)27/h4-6,8-10,12,15H,7,11,13H2,1-3H3,(H,29,30)/t15-/m1/s1. The largest absolute Gasteiger partial charge is 0.481 e. The van der Waals surface area contributed by atoms with Gasteiger partial charge in [-0.05, 0) is 55.7 Å². The molecule has 32 heavy (non-hydrogen) atoms. The van der Waals surface area contributed by atoms with Gasteiger partial charge in [-0.2, -0.15) is 13.2 Å². The first-order valence-electron chi connectivity index (χ1n) is 10.1. The molecule has 0 aliphatic rings. The maximum absolute atomic E-state index is 12.8. The van der Waals surface area contributed by atoms with Gasteiger partial charge in [0.15, 0.2) is 0 Å². The first-order valence-corrected chi connectivity index (χ1v) is 11.9. The molecule has 0 aliphatic carbocycles. The van der Waals surface area contributed by atoms with Crippen LogP contribution in [0.4, 0.5) is 13.2 Å². The van der Waals surface area contributed by atoms with Crippen molar-refractivity contribution in [2.45, 2.75) is 50.6 Å². The molecule has 3 rings (SSSR count). The molecule has 0 saturated heterocycles. The molecule has 0 aliphatic heterocycles. The lowest BCUT2D eigenvalue weighted by Crippen LogP contribution is -2.04. The summed E-state index contributed by atoms with van der Waals surface area (Å²) in [5.41, 5.74) is 3.11. The number of carboxylic acid groups (broad SMARTS) is 1. The summed E-state index contributed by atoms with van der Waals surface area (Å²) >= 11 is 3.21. The van der Waals surface area contributed by atoms with Crippen molar-refractivity contribution in [3.63, 3.8) is 0 Å². The number of hydrogen-bond acceptors (Lipinski definition) is 4. The Bertz CT molecular complexity index is 1090. The molecule has 1 N–H and O–H groups in total. The lowest BCUT2D eigenvalue weighted by Gasteiger charge is -2.11. The minimum absolute atomic E-state index is 0.120. The van der Waals surface area contributed by atoms with Crippen LogP contribution in [0.2, 0.25) is 0 Å². The third-order valence-corrected chi connectivity index (χ3v) is 7.47. The molecule has 0 radical (unpaired) electrons. The van der Waals surface area contributed by atoms with Crippen molar-refractivity contribution >= 4 is 29.1 Å². The van der Waals surface area contributed by atoms with E-state index in [9.17, 15) is 18.0 Å². The number of halogens is 3. The summed E-state index contributed by atoms with van der Waals surface area (Å²) in [5.74, 6) is 0.183. The van der Waals surface area contributed by atoms with E-state index in [-0.39, 0.29) is 12.3 Å². The van der Waals surface area contributed by atoms with Crippen LogP contribution in [0.5, 0.6) is 0 Å². The van der Waals surface area contributed by atoms with Crippen LogP contribution in [0, 0.1) is 13.8 Å². The molecule has 0 amide bonds. The topological polar surface area (TPSA) is 50.2 Å². The van der Waals surface area contributed by atoms with E-state index in [2.05, 4.69) is 13.0 Å². The highest BCUT2D eigenvalue weighted by molar-refractivity contribution is 7.99.